The summed E-state index contributed by atoms with van der Waals surface area (Å²) in [5, 5.41) is 12.9. The van der Waals surface area contributed by atoms with Crippen LogP contribution in [0, 0.1) is 5.41 Å². The Morgan fingerprint density at radius 1 is 0.299 bits per heavy atom. The van der Waals surface area contributed by atoms with Gasteiger partial charge in [0.1, 0.15) is 0 Å². The molecule has 0 aliphatic carbocycles. The van der Waals surface area contributed by atoms with Crippen molar-refractivity contribution in [3.05, 3.63) is 337 Å². The number of benzene rings is 16. The summed E-state index contributed by atoms with van der Waals surface area (Å²) in [6.45, 7) is 22.7. The number of aromatic nitrogens is 1. The fraction of sp³-hybridized carbons (Fsp3) is 0.165. The minimum absolute atomic E-state index is 0.0189. The molecule has 3 heterocycles. The third-order valence-electron chi connectivity index (χ3n) is 23.5. The Kier molecular flexibility index (Phi) is 15.7. The minimum atomic E-state index is -0.130. The van der Waals surface area contributed by atoms with Crippen LogP contribution in [0.4, 0.5) is 22.7 Å². The van der Waals surface area contributed by atoms with E-state index in [1.165, 1.54) is 187 Å². The fourth-order valence-electron chi connectivity index (χ4n) is 18.5. The molecule has 16 aromatic carbocycles. The number of para-hydroxylation sites is 2. The van der Waals surface area contributed by atoms with Crippen LogP contribution in [0.5, 0.6) is 0 Å². The van der Waals surface area contributed by atoms with E-state index in [9.17, 15) is 0 Å². The van der Waals surface area contributed by atoms with E-state index in [0.29, 0.717) is 0 Å². The second kappa shape index (κ2) is 25.5. The molecule has 0 saturated carbocycles. The van der Waals surface area contributed by atoms with E-state index in [-0.39, 0.29) is 23.0 Å². The molecule has 0 atom stereocenters. The first-order valence-corrected chi connectivity index (χ1v) is 38.6. The van der Waals surface area contributed by atoms with E-state index < -0.39 is 0 Å². The van der Waals surface area contributed by atoms with Gasteiger partial charge >= 0.3 is 0 Å². The topological polar surface area (TPSA) is 11.4 Å². The highest BCUT2D eigenvalue weighted by Gasteiger charge is 2.44. The third kappa shape index (κ3) is 11.3. The van der Waals surface area contributed by atoms with E-state index in [0.717, 1.165) is 38.0 Å². The molecule has 1 aromatic heterocycles. The Labute approximate surface area is 630 Å². The van der Waals surface area contributed by atoms with Gasteiger partial charge in [0.05, 0.1) is 11.0 Å². The Morgan fingerprint density at radius 3 is 1.21 bits per heavy atom. The Bertz CT molecular complexity index is 6120. The summed E-state index contributed by atoms with van der Waals surface area (Å²) in [7, 11) is 0. The highest BCUT2D eigenvalue weighted by molar-refractivity contribution is 7.00. The average molecular weight is 1380 g/mol. The van der Waals surface area contributed by atoms with Crippen molar-refractivity contribution < 1.29 is 0 Å². The normalized spacial score (nSPS) is 13.0. The van der Waals surface area contributed by atoms with Crippen molar-refractivity contribution in [2.45, 2.75) is 92.4 Å². The molecular formula is C103H88BN3. The van der Waals surface area contributed by atoms with Crippen LogP contribution in [0.3, 0.4) is 0 Å². The molecule has 19 rings (SSSR count). The largest absolute Gasteiger partial charge is 0.342 e. The maximum atomic E-state index is 2.79. The maximum Gasteiger partial charge on any atom is 0.252 e. The quantitative estimate of drug-likeness (QED) is 0.0648. The standard InChI is InChI=1S/C103H88BN3/c1-101(2,3)65-66-57-96-100-97(58-66)106(56-54-78-88(69-33-18-12-19-34-69)62-74(103(7,8)9)63-89(78)70-35-20-13-21-36-70)95-64-75(107-92-45-24-22-39-79(92)80-40-23-25-46-93(80)107)48-51-90(95)104(100)91-59-72(76-49-50-85-83-42-27-38-71-37-26-41-82(98(71)83)84-44-28-43-81(76)99(84)85)47-52-94(91)105(96)55-53-77-86(67-29-14-10-15-30-67)60-73(102(4,5)6)61-87(77)68-31-16-11-17-32-68/h10-52,57-64H,53-56,65H2,1-9H3. The van der Waals surface area contributed by atoms with Crippen LogP contribution in [0.2, 0.25) is 0 Å². The Hall–Kier alpha value is -11.7. The van der Waals surface area contributed by atoms with Crippen molar-refractivity contribution >= 4 is 111 Å². The van der Waals surface area contributed by atoms with E-state index >= 15 is 0 Å². The van der Waals surface area contributed by atoms with Crippen molar-refractivity contribution in [2.24, 2.45) is 5.41 Å². The molecule has 0 spiro atoms. The van der Waals surface area contributed by atoms with Gasteiger partial charge in [0, 0.05) is 52.3 Å². The van der Waals surface area contributed by atoms with Crippen LogP contribution in [-0.2, 0) is 30.1 Å². The van der Waals surface area contributed by atoms with Crippen molar-refractivity contribution in [1.82, 2.24) is 4.57 Å². The van der Waals surface area contributed by atoms with Crippen LogP contribution in [0.15, 0.2) is 309 Å². The molecule has 0 radical (unpaired) electrons. The molecule has 107 heavy (non-hydrogen) atoms. The third-order valence-corrected chi connectivity index (χ3v) is 23.5. The lowest BCUT2D eigenvalue weighted by atomic mass is 9.33. The average Bonchev–Trinajstić information content (AvgIpc) is 0.864. The molecule has 0 unspecified atom stereocenters. The van der Waals surface area contributed by atoms with E-state index in [2.05, 4.69) is 386 Å². The number of rotatable bonds is 13. The zero-order valence-corrected chi connectivity index (χ0v) is 62.9. The van der Waals surface area contributed by atoms with Gasteiger partial charge in [-0.15, -0.1) is 0 Å². The zero-order chi connectivity index (χ0) is 72.6. The van der Waals surface area contributed by atoms with Gasteiger partial charge in [0.25, 0.3) is 6.71 Å². The summed E-state index contributed by atoms with van der Waals surface area (Å²) in [4.78, 5) is 5.57. The van der Waals surface area contributed by atoms with Crippen molar-refractivity contribution in [3.63, 3.8) is 0 Å². The SMILES string of the molecule is CC(C)(C)Cc1cc2c3c(c1)N(CCc1c(-c4ccccc4)cc(C(C)(C)C)cc1-c1ccccc1)c1cc(-n4c5ccccc5c5ccccc54)ccc1B3c1cc(-c3ccc4c5cccc6cccc(c7cccc3c74)c65)ccc1N2CCc1c(-c2ccccc2)cc(C(C)(C)C)cc1-c1ccccc1. The van der Waals surface area contributed by atoms with Crippen molar-refractivity contribution in [3.8, 4) is 61.3 Å². The number of hydrogen-bond donors (Lipinski definition) is 0. The first kappa shape index (κ1) is 66.0. The lowest BCUT2D eigenvalue weighted by molar-refractivity contribution is 0.411. The monoisotopic (exact) mass is 1380 g/mol. The number of hydrogen-bond acceptors (Lipinski definition) is 2. The summed E-state index contributed by atoms with van der Waals surface area (Å²) in [6, 6.07) is 119. The summed E-state index contributed by atoms with van der Waals surface area (Å²) < 4.78 is 2.53. The smallest absolute Gasteiger partial charge is 0.252 e. The molecule has 17 aromatic rings. The van der Waals surface area contributed by atoms with Crippen LogP contribution < -0.4 is 26.2 Å². The van der Waals surface area contributed by atoms with Crippen molar-refractivity contribution in [1.29, 1.82) is 0 Å². The highest BCUT2D eigenvalue weighted by atomic mass is 15.2. The molecule has 0 bridgehead atoms. The van der Waals surface area contributed by atoms with E-state index in [4.69, 9.17) is 0 Å². The van der Waals surface area contributed by atoms with Gasteiger partial charge in [-0.3, -0.25) is 0 Å². The van der Waals surface area contributed by atoms with Gasteiger partial charge in [-0.2, -0.15) is 0 Å². The lowest BCUT2D eigenvalue weighted by Crippen LogP contribution is -2.62. The molecule has 2 aliphatic heterocycles. The Morgan fingerprint density at radius 2 is 0.729 bits per heavy atom. The first-order chi connectivity index (χ1) is 52.0. The first-order valence-electron chi connectivity index (χ1n) is 38.6. The molecule has 0 fully saturated rings. The molecular weight excluding hydrogens is 1290 g/mol. The lowest BCUT2D eigenvalue weighted by Gasteiger charge is -2.45. The van der Waals surface area contributed by atoms with Crippen molar-refractivity contribution in [2.75, 3.05) is 22.9 Å². The maximum absolute atomic E-state index is 2.79. The molecule has 518 valence electrons. The summed E-state index contributed by atoms with van der Waals surface area (Å²) in [5.74, 6) is 0. The fourth-order valence-corrected chi connectivity index (χ4v) is 18.5. The summed E-state index contributed by atoms with van der Waals surface area (Å²) in [5.41, 5.74) is 31.8. The van der Waals surface area contributed by atoms with Crippen LogP contribution >= 0.6 is 0 Å². The molecule has 0 N–H and O–H groups in total. The van der Waals surface area contributed by atoms with Gasteiger partial charge < -0.3 is 14.4 Å². The number of nitrogens with zero attached hydrogens (tertiary/aromatic N) is 3. The van der Waals surface area contributed by atoms with Gasteiger partial charge in [-0.1, -0.05) is 329 Å². The number of anilines is 4. The van der Waals surface area contributed by atoms with Gasteiger partial charge in [0.15, 0.2) is 0 Å². The molecule has 3 nitrogen and oxygen atoms in total. The van der Waals surface area contributed by atoms with Gasteiger partial charge in [-0.25, -0.2) is 0 Å². The van der Waals surface area contributed by atoms with E-state index in [1.54, 1.807) is 0 Å². The number of fused-ring (bicyclic) bond motifs is 9. The zero-order valence-electron chi connectivity index (χ0n) is 62.9. The van der Waals surface area contributed by atoms with Crippen LogP contribution in [0.25, 0.3) is 126 Å². The second-order valence-electron chi connectivity index (χ2n) is 33.6. The minimum Gasteiger partial charge on any atom is -0.342 e. The van der Waals surface area contributed by atoms with E-state index in [1.807, 2.05) is 0 Å². The Balaban J connectivity index is 0.881. The molecule has 4 heteroatoms. The predicted molar refractivity (Wildman–Crippen MR) is 462 cm³/mol. The second-order valence-corrected chi connectivity index (χ2v) is 33.6. The molecule has 0 saturated heterocycles. The predicted octanol–water partition coefficient (Wildman–Crippen LogP) is 25.3. The van der Waals surface area contributed by atoms with Crippen LogP contribution in [-0.4, -0.2) is 24.4 Å². The highest BCUT2D eigenvalue weighted by Crippen LogP contribution is 2.48. The summed E-state index contributed by atoms with van der Waals surface area (Å²) in [6.07, 6.45) is 2.48. The van der Waals surface area contributed by atoms with Crippen LogP contribution in [0.1, 0.15) is 90.1 Å². The molecule has 0 amide bonds. The summed E-state index contributed by atoms with van der Waals surface area (Å²) >= 11 is 0. The van der Waals surface area contributed by atoms with Gasteiger partial charge in [-0.05, 0) is 221 Å². The molecule has 2 aliphatic rings. The van der Waals surface area contributed by atoms with Gasteiger partial charge in [0.2, 0.25) is 0 Å².